The van der Waals surface area contributed by atoms with Crippen LogP contribution >= 0.6 is 15.9 Å². The van der Waals surface area contributed by atoms with Gasteiger partial charge in [-0.05, 0) is 47.1 Å². The zero-order valence-corrected chi connectivity index (χ0v) is 11.2. The Hall–Kier alpha value is -1.42. The van der Waals surface area contributed by atoms with E-state index >= 15 is 0 Å². The molecule has 1 aromatic heterocycles. The number of nitrogens with zero attached hydrogens (tertiary/aromatic N) is 2. The van der Waals surface area contributed by atoms with E-state index in [9.17, 15) is 4.39 Å². The summed E-state index contributed by atoms with van der Waals surface area (Å²) in [6.07, 6.45) is 0. The van der Waals surface area contributed by atoms with E-state index in [1.54, 1.807) is 30.1 Å². The van der Waals surface area contributed by atoms with Crippen molar-refractivity contribution in [2.24, 2.45) is 0 Å². The minimum atomic E-state index is -0.252. The predicted octanol–water partition coefficient (Wildman–Crippen LogP) is 4.06. The topological polar surface area (TPSA) is 16.1 Å². The zero-order valence-electron chi connectivity index (χ0n) is 9.61. The first kappa shape index (κ1) is 12.0. The summed E-state index contributed by atoms with van der Waals surface area (Å²) in [4.78, 5) is 6.13. The second kappa shape index (κ2) is 4.84. The van der Waals surface area contributed by atoms with Crippen molar-refractivity contribution in [1.29, 1.82) is 0 Å². The number of hydrogen-bond acceptors (Lipinski definition) is 2. The summed E-state index contributed by atoms with van der Waals surface area (Å²) < 4.78 is 14.6. The first-order valence-corrected chi connectivity index (χ1v) is 6.00. The summed E-state index contributed by atoms with van der Waals surface area (Å²) in [5.74, 6) is 0.466. The summed E-state index contributed by atoms with van der Waals surface area (Å²) >= 11 is 3.39. The molecule has 0 saturated carbocycles. The van der Waals surface area contributed by atoms with E-state index < -0.39 is 0 Å². The third-order valence-electron chi connectivity index (χ3n) is 2.56. The van der Waals surface area contributed by atoms with Gasteiger partial charge in [-0.2, -0.15) is 0 Å². The van der Waals surface area contributed by atoms with Crippen LogP contribution in [0.1, 0.15) is 5.69 Å². The average molecular weight is 295 g/mol. The molecule has 1 aromatic carbocycles. The lowest BCUT2D eigenvalue weighted by Crippen LogP contribution is -2.13. The molecule has 2 aromatic rings. The molecule has 0 aliphatic rings. The highest BCUT2D eigenvalue weighted by Crippen LogP contribution is 2.26. The Bertz CT molecular complexity index is 543. The first-order chi connectivity index (χ1) is 8.09. The van der Waals surface area contributed by atoms with Gasteiger partial charge < -0.3 is 4.90 Å². The second-order valence-corrected chi connectivity index (χ2v) is 4.60. The van der Waals surface area contributed by atoms with Crippen molar-refractivity contribution in [2.45, 2.75) is 6.92 Å². The molecule has 2 rings (SSSR count). The van der Waals surface area contributed by atoms with Gasteiger partial charge >= 0.3 is 0 Å². The summed E-state index contributed by atoms with van der Waals surface area (Å²) in [5.41, 5.74) is 1.40. The Morgan fingerprint density at radius 3 is 2.53 bits per heavy atom. The summed E-state index contributed by atoms with van der Waals surface area (Å²) in [7, 11) is 1.80. The molecule has 0 radical (unpaired) electrons. The number of aromatic nitrogens is 1. The van der Waals surface area contributed by atoms with Crippen LogP contribution in [0.4, 0.5) is 15.9 Å². The number of hydrogen-bond donors (Lipinski definition) is 0. The van der Waals surface area contributed by atoms with Gasteiger partial charge in [0.2, 0.25) is 0 Å². The summed E-state index contributed by atoms with van der Waals surface area (Å²) in [6.45, 7) is 1.91. The Kier molecular flexibility index (Phi) is 3.43. The highest BCUT2D eigenvalue weighted by Gasteiger charge is 2.10. The van der Waals surface area contributed by atoms with Crippen molar-refractivity contribution in [1.82, 2.24) is 4.98 Å². The number of rotatable bonds is 2. The number of benzene rings is 1. The standard InChI is InChI=1S/C13H12BrFN2/c1-9-10(14)7-8-13(16-9)17(2)12-6-4-3-5-11(12)15/h3-8H,1-2H3. The van der Waals surface area contributed by atoms with Gasteiger partial charge in [0.1, 0.15) is 11.6 Å². The first-order valence-electron chi connectivity index (χ1n) is 5.21. The van der Waals surface area contributed by atoms with E-state index in [0.717, 1.165) is 16.0 Å². The van der Waals surface area contributed by atoms with Crippen LogP contribution in [0.25, 0.3) is 0 Å². The van der Waals surface area contributed by atoms with E-state index in [2.05, 4.69) is 20.9 Å². The number of halogens is 2. The maximum absolute atomic E-state index is 13.6. The Morgan fingerprint density at radius 1 is 1.18 bits per heavy atom. The fourth-order valence-electron chi connectivity index (χ4n) is 1.56. The van der Waals surface area contributed by atoms with Crippen LogP contribution in [-0.2, 0) is 0 Å². The molecule has 0 aliphatic carbocycles. The SMILES string of the molecule is Cc1nc(N(C)c2ccccc2F)ccc1Br. The molecule has 0 unspecified atom stereocenters. The van der Waals surface area contributed by atoms with Crippen molar-refractivity contribution in [3.8, 4) is 0 Å². The molecule has 0 fully saturated rings. The van der Waals surface area contributed by atoms with E-state index in [4.69, 9.17) is 0 Å². The fourth-order valence-corrected chi connectivity index (χ4v) is 1.79. The monoisotopic (exact) mass is 294 g/mol. The Labute approximate surface area is 108 Å². The zero-order chi connectivity index (χ0) is 12.4. The predicted molar refractivity (Wildman–Crippen MR) is 71.1 cm³/mol. The van der Waals surface area contributed by atoms with Crippen LogP contribution in [0.15, 0.2) is 40.9 Å². The number of anilines is 2. The van der Waals surface area contributed by atoms with Gasteiger partial charge in [-0.25, -0.2) is 9.37 Å². The fraction of sp³-hybridized carbons (Fsp3) is 0.154. The van der Waals surface area contributed by atoms with Crippen LogP contribution < -0.4 is 4.90 Å². The molecule has 0 N–H and O–H groups in total. The van der Waals surface area contributed by atoms with Crippen molar-refractivity contribution in [2.75, 3.05) is 11.9 Å². The lowest BCUT2D eigenvalue weighted by atomic mass is 10.2. The smallest absolute Gasteiger partial charge is 0.146 e. The summed E-state index contributed by atoms with van der Waals surface area (Å²) in [5, 5.41) is 0. The van der Waals surface area contributed by atoms with Gasteiger partial charge in [0, 0.05) is 11.5 Å². The Balaban J connectivity index is 2.40. The highest BCUT2D eigenvalue weighted by atomic mass is 79.9. The summed E-state index contributed by atoms with van der Waals surface area (Å²) in [6, 6.07) is 10.4. The van der Waals surface area contributed by atoms with E-state index in [0.29, 0.717) is 5.69 Å². The highest BCUT2D eigenvalue weighted by molar-refractivity contribution is 9.10. The van der Waals surface area contributed by atoms with Crippen molar-refractivity contribution >= 4 is 27.4 Å². The van der Waals surface area contributed by atoms with E-state index in [1.165, 1.54) is 6.07 Å². The van der Waals surface area contributed by atoms with Gasteiger partial charge in [0.25, 0.3) is 0 Å². The van der Waals surface area contributed by atoms with Crippen molar-refractivity contribution in [3.63, 3.8) is 0 Å². The van der Waals surface area contributed by atoms with E-state index in [-0.39, 0.29) is 5.82 Å². The normalized spacial score (nSPS) is 10.4. The number of para-hydroxylation sites is 1. The lowest BCUT2D eigenvalue weighted by Gasteiger charge is -2.19. The van der Waals surface area contributed by atoms with Crippen LogP contribution in [-0.4, -0.2) is 12.0 Å². The molecular formula is C13H12BrFN2. The maximum Gasteiger partial charge on any atom is 0.146 e. The molecule has 1 heterocycles. The number of pyridine rings is 1. The minimum absolute atomic E-state index is 0.252. The Morgan fingerprint density at radius 2 is 1.88 bits per heavy atom. The van der Waals surface area contributed by atoms with Crippen LogP contribution in [0.5, 0.6) is 0 Å². The molecule has 4 heteroatoms. The molecule has 17 heavy (non-hydrogen) atoms. The maximum atomic E-state index is 13.6. The number of aryl methyl sites for hydroxylation is 1. The molecule has 0 aliphatic heterocycles. The quantitative estimate of drug-likeness (QED) is 0.830. The molecule has 88 valence electrons. The van der Waals surface area contributed by atoms with Crippen molar-refractivity contribution in [3.05, 3.63) is 52.4 Å². The van der Waals surface area contributed by atoms with Crippen LogP contribution in [0, 0.1) is 12.7 Å². The molecule has 0 amide bonds. The van der Waals surface area contributed by atoms with Gasteiger partial charge in [-0.3, -0.25) is 0 Å². The molecular weight excluding hydrogens is 283 g/mol. The molecule has 0 saturated heterocycles. The van der Waals surface area contributed by atoms with Crippen LogP contribution in [0.2, 0.25) is 0 Å². The largest absolute Gasteiger partial charge is 0.327 e. The molecule has 0 spiro atoms. The van der Waals surface area contributed by atoms with Gasteiger partial charge in [-0.15, -0.1) is 0 Å². The second-order valence-electron chi connectivity index (χ2n) is 3.75. The minimum Gasteiger partial charge on any atom is -0.327 e. The average Bonchev–Trinajstić information content (AvgIpc) is 2.32. The third-order valence-corrected chi connectivity index (χ3v) is 3.40. The molecule has 2 nitrogen and oxygen atoms in total. The van der Waals surface area contributed by atoms with Gasteiger partial charge in [0.05, 0.1) is 11.4 Å². The van der Waals surface area contributed by atoms with Crippen LogP contribution in [0.3, 0.4) is 0 Å². The van der Waals surface area contributed by atoms with Crippen molar-refractivity contribution < 1.29 is 4.39 Å². The van der Waals surface area contributed by atoms with Gasteiger partial charge in [0.15, 0.2) is 0 Å². The molecule has 0 atom stereocenters. The lowest BCUT2D eigenvalue weighted by molar-refractivity contribution is 0.627. The molecule has 0 bridgehead atoms. The van der Waals surface area contributed by atoms with E-state index in [1.807, 2.05) is 19.1 Å². The third kappa shape index (κ3) is 2.47. The van der Waals surface area contributed by atoms with Gasteiger partial charge in [-0.1, -0.05) is 12.1 Å².